The Hall–Kier alpha value is -2.07. The van der Waals surface area contributed by atoms with Gasteiger partial charge in [0.15, 0.2) is 0 Å². The summed E-state index contributed by atoms with van der Waals surface area (Å²) in [4.78, 5) is 14.0. The van der Waals surface area contributed by atoms with Crippen LogP contribution in [0.3, 0.4) is 0 Å². The predicted octanol–water partition coefficient (Wildman–Crippen LogP) is 3.45. The van der Waals surface area contributed by atoms with Crippen LogP contribution >= 0.6 is 11.6 Å². The SMILES string of the molecule is O=C(Cc1ccccc1Cl)N1CCOc2ccc(F)cc21. The summed E-state index contributed by atoms with van der Waals surface area (Å²) in [6, 6.07) is 11.4. The van der Waals surface area contributed by atoms with Gasteiger partial charge >= 0.3 is 0 Å². The second kappa shape index (κ2) is 5.74. The zero-order valence-electron chi connectivity index (χ0n) is 11.2. The van der Waals surface area contributed by atoms with E-state index in [1.807, 2.05) is 18.2 Å². The molecule has 21 heavy (non-hydrogen) atoms. The van der Waals surface area contributed by atoms with Gasteiger partial charge in [-0.15, -0.1) is 0 Å². The Balaban J connectivity index is 1.87. The molecule has 2 aromatic carbocycles. The molecule has 3 nitrogen and oxygen atoms in total. The van der Waals surface area contributed by atoms with Crippen LogP contribution in [0, 0.1) is 5.82 Å². The fraction of sp³-hybridized carbons (Fsp3) is 0.188. The second-order valence-corrected chi connectivity index (χ2v) is 5.18. The standard InChI is InChI=1S/C16H13ClFNO2/c17-13-4-2-1-3-11(13)9-16(20)19-7-8-21-15-6-5-12(18)10-14(15)19/h1-6,10H,7-9H2. The Kier molecular flexibility index (Phi) is 3.80. The van der Waals surface area contributed by atoms with E-state index >= 15 is 0 Å². The minimum atomic E-state index is -0.394. The number of fused-ring (bicyclic) bond motifs is 1. The van der Waals surface area contributed by atoms with Gasteiger partial charge in [0.25, 0.3) is 0 Å². The molecule has 0 saturated heterocycles. The highest BCUT2D eigenvalue weighted by Gasteiger charge is 2.24. The molecule has 3 rings (SSSR count). The largest absolute Gasteiger partial charge is 0.490 e. The number of carbonyl (C=O) groups is 1. The van der Waals surface area contributed by atoms with Crippen LogP contribution in [0.1, 0.15) is 5.56 Å². The number of hydrogen-bond acceptors (Lipinski definition) is 2. The van der Waals surface area contributed by atoms with Gasteiger partial charge in [0.1, 0.15) is 18.2 Å². The molecule has 0 atom stereocenters. The lowest BCUT2D eigenvalue weighted by Crippen LogP contribution is -2.39. The zero-order valence-corrected chi connectivity index (χ0v) is 11.9. The smallest absolute Gasteiger partial charge is 0.231 e. The molecule has 5 heteroatoms. The predicted molar refractivity (Wildman–Crippen MR) is 79.4 cm³/mol. The summed E-state index contributed by atoms with van der Waals surface area (Å²) in [6.45, 7) is 0.798. The highest BCUT2D eigenvalue weighted by atomic mass is 35.5. The van der Waals surface area contributed by atoms with E-state index in [0.29, 0.717) is 29.6 Å². The molecule has 1 aliphatic rings. The Bertz CT molecular complexity index is 690. The Morgan fingerprint density at radius 1 is 1.29 bits per heavy atom. The first-order chi connectivity index (χ1) is 10.1. The summed E-state index contributed by atoms with van der Waals surface area (Å²) >= 11 is 6.08. The number of amides is 1. The Morgan fingerprint density at radius 3 is 2.90 bits per heavy atom. The van der Waals surface area contributed by atoms with Crippen LogP contribution in [0.2, 0.25) is 5.02 Å². The van der Waals surface area contributed by atoms with Gasteiger partial charge in [0, 0.05) is 11.1 Å². The third-order valence-electron chi connectivity index (χ3n) is 3.38. The van der Waals surface area contributed by atoms with Crippen molar-refractivity contribution in [1.29, 1.82) is 0 Å². The molecule has 2 aromatic rings. The minimum Gasteiger partial charge on any atom is -0.490 e. The van der Waals surface area contributed by atoms with E-state index in [1.165, 1.54) is 12.1 Å². The Morgan fingerprint density at radius 2 is 2.10 bits per heavy atom. The number of anilines is 1. The van der Waals surface area contributed by atoms with Gasteiger partial charge in [-0.25, -0.2) is 4.39 Å². The molecule has 0 bridgehead atoms. The van der Waals surface area contributed by atoms with Gasteiger partial charge in [0.2, 0.25) is 5.91 Å². The van der Waals surface area contributed by atoms with Crippen molar-refractivity contribution in [2.45, 2.75) is 6.42 Å². The zero-order chi connectivity index (χ0) is 14.8. The fourth-order valence-corrected chi connectivity index (χ4v) is 2.55. The van der Waals surface area contributed by atoms with Gasteiger partial charge in [-0.1, -0.05) is 29.8 Å². The molecule has 1 amide bonds. The normalized spacial score (nSPS) is 13.5. The van der Waals surface area contributed by atoms with Gasteiger partial charge in [0.05, 0.1) is 18.7 Å². The second-order valence-electron chi connectivity index (χ2n) is 4.77. The van der Waals surface area contributed by atoms with Gasteiger partial charge < -0.3 is 9.64 Å². The topological polar surface area (TPSA) is 29.5 Å². The number of carbonyl (C=O) groups excluding carboxylic acids is 1. The quantitative estimate of drug-likeness (QED) is 0.850. The molecule has 0 unspecified atom stereocenters. The molecule has 0 aromatic heterocycles. The first-order valence-corrected chi connectivity index (χ1v) is 6.99. The number of ether oxygens (including phenoxy) is 1. The van der Waals surface area contributed by atoms with E-state index in [0.717, 1.165) is 5.56 Å². The first-order valence-electron chi connectivity index (χ1n) is 6.61. The average Bonchev–Trinajstić information content (AvgIpc) is 2.49. The molecule has 108 valence electrons. The average molecular weight is 306 g/mol. The van der Waals surface area contributed by atoms with Crippen molar-refractivity contribution in [3.05, 3.63) is 58.9 Å². The number of hydrogen-bond donors (Lipinski definition) is 0. The first kappa shape index (κ1) is 13.9. The maximum absolute atomic E-state index is 13.4. The van der Waals surface area contributed by atoms with Crippen LogP contribution in [0.4, 0.5) is 10.1 Å². The number of rotatable bonds is 2. The van der Waals surface area contributed by atoms with Crippen LogP contribution in [0.15, 0.2) is 42.5 Å². The lowest BCUT2D eigenvalue weighted by molar-refractivity contribution is -0.118. The molecule has 0 fully saturated rings. The van der Waals surface area contributed by atoms with Gasteiger partial charge in [-0.3, -0.25) is 4.79 Å². The van der Waals surface area contributed by atoms with E-state index < -0.39 is 5.82 Å². The van der Waals surface area contributed by atoms with Gasteiger partial charge in [-0.05, 0) is 23.8 Å². The van der Waals surface area contributed by atoms with E-state index in [-0.39, 0.29) is 12.3 Å². The summed E-state index contributed by atoms with van der Waals surface area (Å²) < 4.78 is 18.9. The van der Waals surface area contributed by atoms with Crippen molar-refractivity contribution in [1.82, 2.24) is 0 Å². The van der Waals surface area contributed by atoms with E-state index in [2.05, 4.69) is 0 Å². The molecule has 0 aliphatic carbocycles. The van der Waals surface area contributed by atoms with Crippen LogP contribution in [0.5, 0.6) is 5.75 Å². The molecule has 0 radical (unpaired) electrons. The number of halogens is 2. The van der Waals surface area contributed by atoms with Crippen molar-refractivity contribution >= 4 is 23.2 Å². The van der Waals surface area contributed by atoms with Crippen LogP contribution in [-0.4, -0.2) is 19.1 Å². The third kappa shape index (κ3) is 2.85. The summed E-state index contributed by atoms with van der Waals surface area (Å²) in [5.41, 5.74) is 1.23. The fourth-order valence-electron chi connectivity index (χ4n) is 2.35. The van der Waals surface area contributed by atoms with Crippen LogP contribution in [0.25, 0.3) is 0 Å². The molecule has 1 aliphatic heterocycles. The van der Waals surface area contributed by atoms with Crippen LogP contribution < -0.4 is 9.64 Å². The summed E-state index contributed by atoms with van der Waals surface area (Å²) in [5, 5.41) is 0.554. The highest BCUT2D eigenvalue weighted by Crippen LogP contribution is 2.32. The van der Waals surface area contributed by atoms with Crippen LogP contribution in [-0.2, 0) is 11.2 Å². The third-order valence-corrected chi connectivity index (χ3v) is 3.75. The summed E-state index contributed by atoms with van der Waals surface area (Å²) in [6.07, 6.45) is 0.176. The lowest BCUT2D eigenvalue weighted by atomic mass is 10.1. The van der Waals surface area contributed by atoms with E-state index in [1.54, 1.807) is 17.0 Å². The van der Waals surface area contributed by atoms with Crippen molar-refractivity contribution in [3.8, 4) is 5.75 Å². The molecule has 0 N–H and O–H groups in total. The summed E-state index contributed by atoms with van der Waals surface area (Å²) in [5.74, 6) is 0.00296. The van der Waals surface area contributed by atoms with Crippen molar-refractivity contribution in [2.75, 3.05) is 18.1 Å². The van der Waals surface area contributed by atoms with E-state index in [4.69, 9.17) is 16.3 Å². The molecule has 1 heterocycles. The Labute approximate surface area is 126 Å². The number of benzene rings is 2. The molecule has 0 spiro atoms. The maximum Gasteiger partial charge on any atom is 0.231 e. The van der Waals surface area contributed by atoms with E-state index in [9.17, 15) is 9.18 Å². The number of nitrogens with zero attached hydrogens (tertiary/aromatic N) is 1. The van der Waals surface area contributed by atoms with Gasteiger partial charge in [-0.2, -0.15) is 0 Å². The highest BCUT2D eigenvalue weighted by molar-refractivity contribution is 6.31. The maximum atomic E-state index is 13.4. The minimum absolute atomic E-state index is 0.127. The summed E-state index contributed by atoms with van der Waals surface area (Å²) in [7, 11) is 0. The van der Waals surface area contributed by atoms with Crippen molar-refractivity contribution < 1.29 is 13.9 Å². The molecule has 0 saturated carbocycles. The van der Waals surface area contributed by atoms with Crippen molar-refractivity contribution in [2.24, 2.45) is 0 Å². The molecular formula is C16H13ClFNO2. The monoisotopic (exact) mass is 305 g/mol. The lowest BCUT2D eigenvalue weighted by Gasteiger charge is -2.29. The van der Waals surface area contributed by atoms with Crippen molar-refractivity contribution in [3.63, 3.8) is 0 Å². The molecular weight excluding hydrogens is 293 g/mol.